The van der Waals surface area contributed by atoms with Crippen LogP contribution in [0.25, 0.3) is 11.3 Å². The van der Waals surface area contributed by atoms with Crippen molar-refractivity contribution in [1.82, 2.24) is 9.97 Å². The lowest BCUT2D eigenvalue weighted by Gasteiger charge is -2.08. The molecule has 1 aromatic carbocycles. The number of benzene rings is 1. The molecule has 0 radical (unpaired) electrons. The van der Waals surface area contributed by atoms with Gasteiger partial charge in [-0.2, -0.15) is 0 Å². The lowest BCUT2D eigenvalue weighted by Crippen LogP contribution is -1.98. The van der Waals surface area contributed by atoms with Gasteiger partial charge in [0.2, 0.25) is 5.88 Å². The SMILES string of the molecule is COc1nccnc1-c1ccc(C(=O)O)cc1Cl. The van der Waals surface area contributed by atoms with Gasteiger partial charge in [-0.05, 0) is 12.1 Å². The van der Waals surface area contributed by atoms with Crippen molar-refractivity contribution < 1.29 is 14.6 Å². The Kier molecular flexibility index (Phi) is 3.43. The molecule has 0 saturated carbocycles. The van der Waals surface area contributed by atoms with E-state index in [4.69, 9.17) is 21.4 Å². The summed E-state index contributed by atoms with van der Waals surface area (Å²) in [6.45, 7) is 0. The van der Waals surface area contributed by atoms with Crippen molar-refractivity contribution in [2.24, 2.45) is 0 Å². The summed E-state index contributed by atoms with van der Waals surface area (Å²) >= 11 is 6.05. The van der Waals surface area contributed by atoms with Crippen LogP contribution < -0.4 is 4.74 Å². The first-order chi connectivity index (χ1) is 8.63. The van der Waals surface area contributed by atoms with Crippen molar-refractivity contribution >= 4 is 17.6 Å². The predicted molar refractivity (Wildman–Crippen MR) is 66.0 cm³/mol. The zero-order valence-electron chi connectivity index (χ0n) is 9.42. The van der Waals surface area contributed by atoms with Crippen LogP contribution in [0.1, 0.15) is 10.4 Å². The number of rotatable bonds is 3. The second-order valence-electron chi connectivity index (χ2n) is 3.41. The van der Waals surface area contributed by atoms with Gasteiger partial charge < -0.3 is 9.84 Å². The minimum absolute atomic E-state index is 0.117. The molecule has 0 aliphatic heterocycles. The Balaban J connectivity index is 2.54. The van der Waals surface area contributed by atoms with Crippen molar-refractivity contribution in [3.05, 3.63) is 41.2 Å². The molecular formula is C12H9ClN2O3. The molecule has 0 unspecified atom stereocenters. The molecule has 0 aliphatic carbocycles. The van der Waals surface area contributed by atoms with Crippen LogP contribution >= 0.6 is 11.6 Å². The molecule has 1 aromatic heterocycles. The summed E-state index contributed by atoms with van der Waals surface area (Å²) in [6.07, 6.45) is 3.02. The van der Waals surface area contributed by atoms with Crippen molar-refractivity contribution in [1.29, 1.82) is 0 Å². The Bertz CT molecular complexity index is 602. The van der Waals surface area contributed by atoms with Crippen molar-refractivity contribution in [2.45, 2.75) is 0 Å². The Morgan fingerprint density at radius 2 is 2.06 bits per heavy atom. The molecule has 1 heterocycles. The third kappa shape index (κ3) is 2.26. The minimum atomic E-state index is -1.03. The number of carboxylic acids is 1. The van der Waals surface area contributed by atoms with E-state index in [0.29, 0.717) is 17.1 Å². The highest BCUT2D eigenvalue weighted by atomic mass is 35.5. The number of methoxy groups -OCH3 is 1. The molecule has 0 bridgehead atoms. The summed E-state index contributed by atoms with van der Waals surface area (Å²) in [6, 6.07) is 4.41. The van der Waals surface area contributed by atoms with Crippen LogP contribution in [0.5, 0.6) is 5.88 Å². The fraction of sp³-hybridized carbons (Fsp3) is 0.0833. The average Bonchev–Trinajstić information content (AvgIpc) is 2.38. The third-order valence-electron chi connectivity index (χ3n) is 2.33. The first-order valence-corrected chi connectivity index (χ1v) is 5.39. The number of hydrogen-bond donors (Lipinski definition) is 1. The molecule has 0 amide bonds. The van der Waals surface area contributed by atoms with Crippen LogP contribution in [0.3, 0.4) is 0 Å². The molecule has 0 saturated heterocycles. The monoisotopic (exact) mass is 264 g/mol. The molecular weight excluding hydrogens is 256 g/mol. The topological polar surface area (TPSA) is 72.3 Å². The highest BCUT2D eigenvalue weighted by Crippen LogP contribution is 2.31. The fourth-order valence-corrected chi connectivity index (χ4v) is 1.77. The van der Waals surface area contributed by atoms with E-state index in [1.165, 1.54) is 31.6 Å². The van der Waals surface area contributed by atoms with E-state index in [1.807, 2.05) is 0 Å². The number of aromatic nitrogens is 2. The largest absolute Gasteiger partial charge is 0.479 e. The second-order valence-corrected chi connectivity index (χ2v) is 3.82. The Morgan fingerprint density at radius 1 is 1.33 bits per heavy atom. The number of halogens is 1. The summed E-state index contributed by atoms with van der Waals surface area (Å²) in [5.41, 5.74) is 1.17. The summed E-state index contributed by atoms with van der Waals surface area (Å²) in [7, 11) is 1.48. The zero-order chi connectivity index (χ0) is 13.1. The predicted octanol–water partition coefficient (Wildman–Crippen LogP) is 2.50. The standard InChI is InChI=1S/C12H9ClN2O3/c1-18-11-10(14-4-5-15-11)8-3-2-7(12(16)17)6-9(8)13/h2-6H,1H3,(H,16,17). The van der Waals surface area contributed by atoms with E-state index in [-0.39, 0.29) is 10.6 Å². The molecule has 5 nitrogen and oxygen atoms in total. The van der Waals surface area contributed by atoms with Gasteiger partial charge in [0.05, 0.1) is 17.7 Å². The maximum Gasteiger partial charge on any atom is 0.335 e. The minimum Gasteiger partial charge on any atom is -0.479 e. The third-order valence-corrected chi connectivity index (χ3v) is 2.64. The van der Waals surface area contributed by atoms with Crippen LogP contribution in [0, 0.1) is 0 Å². The lowest BCUT2D eigenvalue weighted by molar-refractivity contribution is 0.0697. The normalized spacial score (nSPS) is 10.1. The van der Waals surface area contributed by atoms with E-state index < -0.39 is 5.97 Å². The molecule has 0 aliphatic rings. The molecule has 18 heavy (non-hydrogen) atoms. The van der Waals surface area contributed by atoms with Gasteiger partial charge in [-0.15, -0.1) is 0 Å². The summed E-state index contributed by atoms with van der Waals surface area (Å²) in [5, 5.41) is 9.15. The average molecular weight is 265 g/mol. The van der Waals surface area contributed by atoms with Crippen LogP contribution in [0.4, 0.5) is 0 Å². The smallest absolute Gasteiger partial charge is 0.335 e. The first-order valence-electron chi connectivity index (χ1n) is 5.01. The highest BCUT2D eigenvalue weighted by molar-refractivity contribution is 6.33. The Hall–Kier alpha value is -2.14. The summed E-state index contributed by atoms with van der Waals surface area (Å²) < 4.78 is 5.08. The van der Waals surface area contributed by atoms with E-state index in [1.54, 1.807) is 6.07 Å². The Morgan fingerprint density at radius 3 is 2.67 bits per heavy atom. The molecule has 6 heteroatoms. The highest BCUT2D eigenvalue weighted by Gasteiger charge is 2.13. The number of carbonyl (C=O) groups is 1. The van der Waals surface area contributed by atoms with Gasteiger partial charge in [0.15, 0.2) is 0 Å². The van der Waals surface area contributed by atoms with Crippen LogP contribution in [-0.2, 0) is 0 Å². The Labute approximate surface area is 108 Å². The quantitative estimate of drug-likeness (QED) is 0.922. The van der Waals surface area contributed by atoms with Gasteiger partial charge in [0.25, 0.3) is 0 Å². The van der Waals surface area contributed by atoms with Crippen LogP contribution in [-0.4, -0.2) is 28.2 Å². The second kappa shape index (κ2) is 5.01. The van der Waals surface area contributed by atoms with E-state index in [2.05, 4.69) is 9.97 Å². The van der Waals surface area contributed by atoms with Gasteiger partial charge in [-0.1, -0.05) is 17.7 Å². The van der Waals surface area contributed by atoms with E-state index in [0.717, 1.165) is 0 Å². The number of nitrogens with zero attached hydrogens (tertiary/aromatic N) is 2. The zero-order valence-corrected chi connectivity index (χ0v) is 10.2. The number of carboxylic acid groups (broad SMARTS) is 1. The van der Waals surface area contributed by atoms with E-state index in [9.17, 15) is 4.79 Å². The maximum absolute atomic E-state index is 10.8. The fourth-order valence-electron chi connectivity index (χ4n) is 1.50. The molecule has 0 atom stereocenters. The first kappa shape index (κ1) is 12.3. The van der Waals surface area contributed by atoms with Gasteiger partial charge in [0, 0.05) is 18.0 Å². The van der Waals surface area contributed by atoms with Crippen molar-refractivity contribution in [3.63, 3.8) is 0 Å². The summed E-state index contributed by atoms with van der Waals surface area (Å²) in [4.78, 5) is 19.0. The number of aromatic carboxylic acids is 1. The van der Waals surface area contributed by atoms with Gasteiger partial charge in [0.1, 0.15) is 5.69 Å². The maximum atomic E-state index is 10.8. The van der Waals surface area contributed by atoms with Gasteiger partial charge in [-0.3, -0.25) is 0 Å². The molecule has 92 valence electrons. The van der Waals surface area contributed by atoms with Crippen molar-refractivity contribution in [2.75, 3.05) is 7.11 Å². The van der Waals surface area contributed by atoms with Gasteiger partial charge >= 0.3 is 5.97 Å². The molecule has 1 N–H and O–H groups in total. The van der Waals surface area contributed by atoms with E-state index >= 15 is 0 Å². The van der Waals surface area contributed by atoms with Crippen LogP contribution in [0.15, 0.2) is 30.6 Å². The number of ether oxygens (including phenoxy) is 1. The molecule has 2 aromatic rings. The number of hydrogen-bond acceptors (Lipinski definition) is 4. The summed E-state index contributed by atoms with van der Waals surface area (Å²) in [5.74, 6) is -0.697. The molecule has 2 rings (SSSR count). The van der Waals surface area contributed by atoms with Crippen molar-refractivity contribution in [3.8, 4) is 17.1 Å². The molecule has 0 spiro atoms. The lowest BCUT2D eigenvalue weighted by atomic mass is 10.1. The molecule has 0 fully saturated rings. The van der Waals surface area contributed by atoms with Gasteiger partial charge in [-0.25, -0.2) is 14.8 Å². The van der Waals surface area contributed by atoms with Crippen LogP contribution in [0.2, 0.25) is 5.02 Å².